The van der Waals surface area contributed by atoms with E-state index in [0.29, 0.717) is 17.9 Å². The molecule has 4 heteroatoms. The van der Waals surface area contributed by atoms with Gasteiger partial charge < -0.3 is 15.2 Å². The molecule has 25 heavy (non-hydrogen) atoms. The third kappa shape index (κ3) is 3.55. The zero-order valence-electron chi connectivity index (χ0n) is 15.0. The van der Waals surface area contributed by atoms with Crippen molar-refractivity contribution in [3.63, 3.8) is 0 Å². The number of carboxylic acids is 1. The van der Waals surface area contributed by atoms with Crippen LogP contribution in [0, 0.1) is 17.8 Å². The molecule has 2 aliphatic heterocycles. The molecule has 0 amide bonds. The maximum absolute atomic E-state index is 11.6. The van der Waals surface area contributed by atoms with Crippen LogP contribution in [-0.4, -0.2) is 30.3 Å². The average Bonchev–Trinajstić information content (AvgIpc) is 3.47. The van der Waals surface area contributed by atoms with E-state index < -0.39 is 5.97 Å². The highest BCUT2D eigenvalue weighted by molar-refractivity contribution is 5.71. The quantitative estimate of drug-likeness (QED) is 0.858. The molecule has 136 valence electrons. The normalized spacial score (nSPS) is 26.4. The van der Waals surface area contributed by atoms with E-state index in [9.17, 15) is 9.90 Å². The highest BCUT2D eigenvalue weighted by Gasteiger charge is 2.39. The maximum atomic E-state index is 11.6. The molecule has 0 aromatic heterocycles. The lowest BCUT2D eigenvalue weighted by molar-refractivity contribution is -0.142. The molecule has 2 N–H and O–H groups in total. The first-order valence-electron chi connectivity index (χ1n) is 9.86. The molecule has 3 aliphatic rings. The molecule has 1 saturated carbocycles. The van der Waals surface area contributed by atoms with Crippen LogP contribution in [0.1, 0.15) is 56.1 Å². The fourth-order valence-electron chi connectivity index (χ4n) is 4.74. The van der Waals surface area contributed by atoms with Gasteiger partial charge in [0.15, 0.2) is 0 Å². The molecule has 4 rings (SSSR count). The molecule has 3 atom stereocenters. The Morgan fingerprint density at radius 2 is 1.96 bits per heavy atom. The van der Waals surface area contributed by atoms with Gasteiger partial charge in [0.2, 0.25) is 0 Å². The first-order chi connectivity index (χ1) is 12.1. The molecule has 4 nitrogen and oxygen atoms in total. The number of hydrogen-bond acceptors (Lipinski definition) is 3. The standard InChI is InChI=1S/C21H29NO3/c1-13(21(23)24)20(16-3-4-16)17-5-2-14-6-7-18(25-19(14)12-17)15-8-10-22-11-9-15/h2,5,12-13,15-16,18,20,22H,3-4,6-11H2,1H3,(H,23,24)/t13-,18+,20-/m0/s1. The molecular formula is C21H29NO3. The molecule has 2 heterocycles. The van der Waals surface area contributed by atoms with Gasteiger partial charge in [0.25, 0.3) is 0 Å². The molecule has 1 aromatic rings. The van der Waals surface area contributed by atoms with Crippen LogP contribution in [0.4, 0.5) is 0 Å². The van der Waals surface area contributed by atoms with Gasteiger partial charge in [-0.15, -0.1) is 0 Å². The number of ether oxygens (including phenoxy) is 1. The predicted molar refractivity (Wildman–Crippen MR) is 97.0 cm³/mol. The number of carboxylic acid groups (broad SMARTS) is 1. The second-order valence-electron chi connectivity index (χ2n) is 8.14. The van der Waals surface area contributed by atoms with Crippen LogP contribution in [0.15, 0.2) is 18.2 Å². The van der Waals surface area contributed by atoms with E-state index in [2.05, 4.69) is 23.5 Å². The minimum atomic E-state index is -0.692. The van der Waals surface area contributed by atoms with Gasteiger partial charge in [0.1, 0.15) is 11.9 Å². The van der Waals surface area contributed by atoms with Crippen molar-refractivity contribution < 1.29 is 14.6 Å². The van der Waals surface area contributed by atoms with Crippen molar-refractivity contribution in [1.82, 2.24) is 5.32 Å². The number of hydrogen-bond donors (Lipinski definition) is 2. The predicted octanol–water partition coefficient (Wildman–Crippen LogP) is 3.59. The van der Waals surface area contributed by atoms with Crippen molar-refractivity contribution in [2.24, 2.45) is 17.8 Å². The van der Waals surface area contributed by atoms with Gasteiger partial charge in [0.05, 0.1) is 5.92 Å². The largest absolute Gasteiger partial charge is 0.490 e. The zero-order chi connectivity index (χ0) is 17.4. The first-order valence-corrected chi connectivity index (χ1v) is 9.86. The van der Waals surface area contributed by atoms with Gasteiger partial charge in [-0.25, -0.2) is 0 Å². The second kappa shape index (κ2) is 6.99. The van der Waals surface area contributed by atoms with E-state index in [1.54, 1.807) is 0 Å². The number of rotatable bonds is 5. The van der Waals surface area contributed by atoms with E-state index >= 15 is 0 Å². The van der Waals surface area contributed by atoms with Crippen LogP contribution in [0.5, 0.6) is 5.75 Å². The second-order valence-corrected chi connectivity index (χ2v) is 8.14. The van der Waals surface area contributed by atoms with E-state index in [0.717, 1.165) is 50.1 Å². The van der Waals surface area contributed by atoms with Gasteiger partial charge in [-0.2, -0.15) is 0 Å². The van der Waals surface area contributed by atoms with Gasteiger partial charge in [-0.05, 0) is 86.6 Å². The molecule has 0 unspecified atom stereocenters. The lowest BCUT2D eigenvalue weighted by Gasteiger charge is -2.35. The van der Waals surface area contributed by atoms with Gasteiger partial charge in [-0.1, -0.05) is 19.1 Å². The van der Waals surface area contributed by atoms with Crippen molar-refractivity contribution in [3.8, 4) is 5.75 Å². The molecule has 1 saturated heterocycles. The summed E-state index contributed by atoms with van der Waals surface area (Å²) < 4.78 is 6.43. The number of piperidine rings is 1. The van der Waals surface area contributed by atoms with E-state index in [1.165, 1.54) is 18.4 Å². The fourth-order valence-corrected chi connectivity index (χ4v) is 4.74. The fraction of sp³-hybridized carbons (Fsp3) is 0.667. The Morgan fingerprint density at radius 1 is 1.20 bits per heavy atom. The Kier molecular flexibility index (Phi) is 4.72. The summed E-state index contributed by atoms with van der Waals surface area (Å²) in [7, 11) is 0. The number of fused-ring (bicyclic) bond motifs is 1. The molecule has 0 bridgehead atoms. The van der Waals surface area contributed by atoms with Gasteiger partial charge >= 0.3 is 5.97 Å². The number of carbonyl (C=O) groups is 1. The Balaban J connectivity index is 1.55. The summed E-state index contributed by atoms with van der Waals surface area (Å²) >= 11 is 0. The summed E-state index contributed by atoms with van der Waals surface area (Å²) in [4.78, 5) is 11.6. The number of aryl methyl sites for hydroxylation is 1. The van der Waals surface area contributed by atoms with Crippen LogP contribution in [0.25, 0.3) is 0 Å². The Labute approximate surface area is 150 Å². The number of aliphatic carboxylic acids is 1. The molecule has 1 aromatic carbocycles. The minimum Gasteiger partial charge on any atom is -0.490 e. The van der Waals surface area contributed by atoms with Crippen LogP contribution in [0.2, 0.25) is 0 Å². The van der Waals surface area contributed by atoms with Gasteiger partial charge in [-0.3, -0.25) is 4.79 Å². The average molecular weight is 343 g/mol. The monoisotopic (exact) mass is 343 g/mol. The summed E-state index contributed by atoms with van der Waals surface area (Å²) in [6.07, 6.45) is 7.19. The summed E-state index contributed by atoms with van der Waals surface area (Å²) in [5.74, 6) is 1.27. The van der Waals surface area contributed by atoms with Gasteiger partial charge in [0, 0.05) is 0 Å². The minimum absolute atomic E-state index is 0.116. The van der Waals surface area contributed by atoms with Crippen LogP contribution in [-0.2, 0) is 11.2 Å². The number of benzene rings is 1. The van der Waals surface area contributed by atoms with Crippen LogP contribution < -0.4 is 10.1 Å². The molecule has 0 radical (unpaired) electrons. The lowest BCUT2D eigenvalue weighted by Crippen LogP contribution is -2.38. The third-order valence-corrected chi connectivity index (χ3v) is 6.42. The summed E-state index contributed by atoms with van der Waals surface area (Å²) in [5, 5.41) is 12.9. The van der Waals surface area contributed by atoms with E-state index in [-0.39, 0.29) is 11.8 Å². The SMILES string of the molecule is C[C@H](C(=O)O)[C@H](c1ccc2c(c1)O[C@@H](C1CCNCC1)CC2)C1CC1. The summed E-state index contributed by atoms with van der Waals surface area (Å²) in [6.45, 7) is 4.04. The molecular weight excluding hydrogens is 314 g/mol. The van der Waals surface area contributed by atoms with E-state index in [1.807, 2.05) is 6.92 Å². The smallest absolute Gasteiger partial charge is 0.306 e. The highest BCUT2D eigenvalue weighted by atomic mass is 16.5. The van der Waals surface area contributed by atoms with Crippen molar-refractivity contribution >= 4 is 5.97 Å². The molecule has 0 spiro atoms. The lowest BCUT2D eigenvalue weighted by atomic mass is 9.82. The van der Waals surface area contributed by atoms with Crippen molar-refractivity contribution in [2.45, 2.75) is 57.5 Å². The van der Waals surface area contributed by atoms with Crippen molar-refractivity contribution in [3.05, 3.63) is 29.3 Å². The topological polar surface area (TPSA) is 58.6 Å². The van der Waals surface area contributed by atoms with Crippen molar-refractivity contribution in [1.29, 1.82) is 0 Å². The molecule has 1 aliphatic carbocycles. The molecule has 2 fully saturated rings. The van der Waals surface area contributed by atoms with Crippen LogP contribution >= 0.6 is 0 Å². The maximum Gasteiger partial charge on any atom is 0.306 e. The van der Waals surface area contributed by atoms with E-state index in [4.69, 9.17) is 4.74 Å². The highest BCUT2D eigenvalue weighted by Crippen LogP contribution is 2.48. The first kappa shape index (κ1) is 16.9. The Hall–Kier alpha value is -1.55. The summed E-state index contributed by atoms with van der Waals surface area (Å²) in [6, 6.07) is 6.48. The summed E-state index contributed by atoms with van der Waals surface area (Å²) in [5.41, 5.74) is 2.44. The van der Waals surface area contributed by atoms with Crippen molar-refractivity contribution in [2.75, 3.05) is 13.1 Å². The van der Waals surface area contributed by atoms with Crippen LogP contribution in [0.3, 0.4) is 0 Å². The Morgan fingerprint density at radius 3 is 2.64 bits per heavy atom. The number of nitrogens with one attached hydrogen (secondary N) is 1. The third-order valence-electron chi connectivity index (χ3n) is 6.42. The Bertz CT molecular complexity index is 634. The zero-order valence-corrected chi connectivity index (χ0v) is 15.0.